The van der Waals surface area contributed by atoms with Crippen LogP contribution in [0.1, 0.15) is 77.2 Å². The molecular formula is C34H54N4O6. The first-order valence-electron chi connectivity index (χ1n) is 15.9. The molecule has 10 nitrogen and oxygen atoms in total. The molecule has 1 aromatic rings. The lowest BCUT2D eigenvalue weighted by molar-refractivity contribution is -0.133. The van der Waals surface area contributed by atoms with Gasteiger partial charge in [-0.2, -0.15) is 0 Å². The fourth-order valence-corrected chi connectivity index (χ4v) is 6.21. The minimum absolute atomic E-state index is 0.126. The number of hydrogen-bond donors (Lipinski definition) is 5. The molecule has 5 N–H and O–H groups in total. The number of nitrogens with one attached hydrogen (secondary N) is 2. The number of terminal acetylenes is 1. The average Bonchev–Trinajstić information content (AvgIpc) is 2.98. The number of amides is 3. The lowest BCUT2D eigenvalue weighted by atomic mass is 9.82. The van der Waals surface area contributed by atoms with Gasteiger partial charge < -0.3 is 30.9 Å². The van der Waals surface area contributed by atoms with Crippen molar-refractivity contribution in [3.63, 3.8) is 0 Å². The van der Waals surface area contributed by atoms with Crippen LogP contribution in [0.15, 0.2) is 30.3 Å². The maximum atomic E-state index is 13.8. The van der Waals surface area contributed by atoms with Gasteiger partial charge in [-0.05, 0) is 57.2 Å². The Labute approximate surface area is 263 Å². The largest absolute Gasteiger partial charge is 0.465 e. The van der Waals surface area contributed by atoms with Gasteiger partial charge in [-0.25, -0.2) is 4.79 Å². The Morgan fingerprint density at radius 1 is 1.00 bits per heavy atom. The molecule has 44 heavy (non-hydrogen) atoms. The van der Waals surface area contributed by atoms with Crippen LogP contribution in [0.3, 0.4) is 0 Å². The number of aliphatic hydroxyl groups is 2. The monoisotopic (exact) mass is 614 g/mol. The van der Waals surface area contributed by atoms with Crippen molar-refractivity contribution in [1.29, 1.82) is 0 Å². The minimum Gasteiger partial charge on any atom is -0.465 e. The van der Waals surface area contributed by atoms with Crippen molar-refractivity contribution in [3.05, 3.63) is 35.9 Å². The van der Waals surface area contributed by atoms with Crippen LogP contribution >= 0.6 is 0 Å². The third kappa shape index (κ3) is 11.8. The second kappa shape index (κ2) is 18.6. The number of nitrogens with zero attached hydrogens (tertiary/aromatic N) is 2. The van der Waals surface area contributed by atoms with Gasteiger partial charge in [-0.3, -0.25) is 14.5 Å². The van der Waals surface area contributed by atoms with Gasteiger partial charge in [0.1, 0.15) is 18.2 Å². The predicted octanol–water partition coefficient (Wildman–Crippen LogP) is 3.26. The van der Waals surface area contributed by atoms with Crippen molar-refractivity contribution in [3.8, 4) is 12.3 Å². The molecule has 0 bridgehead atoms. The van der Waals surface area contributed by atoms with Crippen LogP contribution in [-0.2, 0) is 16.0 Å². The molecule has 2 rings (SSSR count). The van der Waals surface area contributed by atoms with E-state index in [1.807, 2.05) is 49.1 Å². The summed E-state index contributed by atoms with van der Waals surface area (Å²) in [5.74, 6) is 1.68. The number of aliphatic hydroxyl groups excluding tert-OH is 2. The number of carbonyl (C=O) groups excluding carboxylic acids is 2. The van der Waals surface area contributed by atoms with Gasteiger partial charge in [0.2, 0.25) is 11.8 Å². The standard InChI is InChI=1S/C34H54N4O6/c1-7-14-26(32(41)36-27(22-25-17-12-9-13-18-25)31(40)29(39)21-23(2)3)35-33(42)30(38(6)34(43)44)28(37(4)5)20-19-24-15-10-8-11-16-24/h1,8,10-11,15-16,23,25-31,39-40H,9,12-14,17-22H2,2-6H3,(H,35,42)(H,36,41)(H,43,44)/t26?,27?,28-,29+,30+,31?/m1/s1. The summed E-state index contributed by atoms with van der Waals surface area (Å²) in [5, 5.41) is 37.4. The zero-order valence-electron chi connectivity index (χ0n) is 27.1. The van der Waals surface area contributed by atoms with Gasteiger partial charge >= 0.3 is 6.09 Å². The van der Waals surface area contributed by atoms with E-state index in [-0.39, 0.29) is 12.3 Å². The van der Waals surface area contributed by atoms with E-state index < -0.39 is 54.3 Å². The third-order valence-corrected chi connectivity index (χ3v) is 8.70. The van der Waals surface area contributed by atoms with Crippen LogP contribution in [0, 0.1) is 24.2 Å². The molecule has 0 spiro atoms. The van der Waals surface area contributed by atoms with E-state index in [9.17, 15) is 29.7 Å². The van der Waals surface area contributed by atoms with E-state index in [0.29, 0.717) is 31.6 Å². The van der Waals surface area contributed by atoms with E-state index in [1.165, 1.54) is 7.05 Å². The van der Waals surface area contributed by atoms with Crippen molar-refractivity contribution < 1.29 is 29.7 Å². The molecule has 1 aromatic carbocycles. The smallest absolute Gasteiger partial charge is 0.407 e. The van der Waals surface area contributed by atoms with Crippen LogP contribution in [0.2, 0.25) is 0 Å². The summed E-state index contributed by atoms with van der Waals surface area (Å²) in [6.07, 6.45) is 9.29. The van der Waals surface area contributed by atoms with Crippen molar-refractivity contribution >= 4 is 17.9 Å². The molecule has 0 saturated heterocycles. The topological polar surface area (TPSA) is 142 Å². The second-order valence-corrected chi connectivity index (χ2v) is 12.9. The molecule has 1 aliphatic rings. The van der Waals surface area contributed by atoms with E-state index in [0.717, 1.165) is 42.6 Å². The highest BCUT2D eigenvalue weighted by molar-refractivity contribution is 5.92. The quantitative estimate of drug-likeness (QED) is 0.170. The van der Waals surface area contributed by atoms with E-state index >= 15 is 0 Å². The Balaban J connectivity index is 2.28. The number of carbonyl (C=O) groups is 3. The van der Waals surface area contributed by atoms with Crippen LogP contribution in [0.25, 0.3) is 0 Å². The summed E-state index contributed by atoms with van der Waals surface area (Å²) in [5.41, 5.74) is 1.06. The van der Waals surface area contributed by atoms with Crippen molar-refractivity contribution in [1.82, 2.24) is 20.4 Å². The molecule has 0 aliphatic heterocycles. The molecule has 0 heterocycles. The number of aryl methyl sites for hydroxylation is 1. The number of hydrogen-bond acceptors (Lipinski definition) is 6. The maximum Gasteiger partial charge on any atom is 0.407 e. The van der Waals surface area contributed by atoms with Gasteiger partial charge in [-0.15, -0.1) is 12.3 Å². The summed E-state index contributed by atoms with van der Waals surface area (Å²) in [6, 6.07) is 6.22. The van der Waals surface area contributed by atoms with E-state index in [4.69, 9.17) is 6.42 Å². The fraction of sp³-hybridized carbons (Fsp3) is 0.676. The van der Waals surface area contributed by atoms with Gasteiger partial charge in [0.25, 0.3) is 0 Å². The Bertz CT molecular complexity index is 1070. The summed E-state index contributed by atoms with van der Waals surface area (Å²) in [6.45, 7) is 3.91. The molecule has 0 radical (unpaired) electrons. The van der Waals surface area contributed by atoms with E-state index in [2.05, 4.69) is 16.6 Å². The summed E-state index contributed by atoms with van der Waals surface area (Å²) in [7, 11) is 4.92. The van der Waals surface area contributed by atoms with E-state index in [1.54, 1.807) is 14.1 Å². The Hall–Kier alpha value is -3.13. The molecule has 1 saturated carbocycles. The molecule has 246 valence electrons. The zero-order valence-corrected chi connectivity index (χ0v) is 27.1. The Morgan fingerprint density at radius 2 is 1.64 bits per heavy atom. The van der Waals surface area contributed by atoms with Gasteiger partial charge in [0, 0.05) is 19.5 Å². The minimum atomic E-state index is -1.27. The molecule has 1 fully saturated rings. The van der Waals surface area contributed by atoms with Crippen molar-refractivity contribution in [2.75, 3.05) is 21.1 Å². The lowest BCUT2D eigenvalue weighted by Crippen LogP contribution is -2.61. The van der Waals surface area contributed by atoms with Gasteiger partial charge in [0.15, 0.2) is 0 Å². The summed E-state index contributed by atoms with van der Waals surface area (Å²) < 4.78 is 0. The Kier molecular flexibility index (Phi) is 15.7. The van der Waals surface area contributed by atoms with Gasteiger partial charge in [0.05, 0.1) is 12.1 Å². The average molecular weight is 615 g/mol. The molecule has 10 heteroatoms. The van der Waals surface area contributed by atoms with Crippen molar-refractivity contribution in [2.24, 2.45) is 11.8 Å². The highest BCUT2D eigenvalue weighted by Gasteiger charge is 2.38. The van der Waals surface area contributed by atoms with Crippen LogP contribution in [0.4, 0.5) is 4.79 Å². The highest BCUT2D eigenvalue weighted by Crippen LogP contribution is 2.29. The summed E-state index contributed by atoms with van der Waals surface area (Å²) in [4.78, 5) is 42.4. The molecule has 3 unspecified atom stereocenters. The number of benzene rings is 1. The number of likely N-dealkylation sites (N-methyl/N-ethyl adjacent to an activating group) is 2. The van der Waals surface area contributed by atoms with Crippen molar-refractivity contribution in [2.45, 2.75) is 114 Å². The zero-order chi connectivity index (χ0) is 32.8. The van der Waals surface area contributed by atoms with Crippen LogP contribution in [-0.4, -0.2) is 101 Å². The normalized spacial score (nSPS) is 18.0. The molecular weight excluding hydrogens is 560 g/mol. The Morgan fingerprint density at radius 3 is 2.18 bits per heavy atom. The molecule has 1 aliphatic carbocycles. The predicted molar refractivity (Wildman–Crippen MR) is 172 cm³/mol. The second-order valence-electron chi connectivity index (χ2n) is 12.9. The summed E-state index contributed by atoms with van der Waals surface area (Å²) >= 11 is 0. The van der Waals surface area contributed by atoms with Crippen LogP contribution < -0.4 is 10.6 Å². The van der Waals surface area contributed by atoms with Gasteiger partial charge in [-0.1, -0.05) is 76.3 Å². The SMILES string of the molecule is C#CCC(NC(=O)[C@H]([C@@H](CCc1ccccc1)N(C)C)N(C)C(=O)O)C(=O)NC(CC1CCCCC1)C(O)[C@@H](O)CC(C)C. The number of carboxylic acid groups (broad SMARTS) is 1. The first-order chi connectivity index (χ1) is 20.8. The molecule has 6 atom stereocenters. The third-order valence-electron chi connectivity index (χ3n) is 8.70. The first kappa shape index (κ1) is 37.1. The van der Waals surface area contributed by atoms with Crippen LogP contribution in [0.5, 0.6) is 0 Å². The maximum absolute atomic E-state index is 13.8. The fourth-order valence-electron chi connectivity index (χ4n) is 6.21. The first-order valence-corrected chi connectivity index (χ1v) is 15.9. The molecule has 0 aromatic heterocycles. The lowest BCUT2D eigenvalue weighted by Gasteiger charge is -2.37. The number of rotatable bonds is 17. The molecule has 3 amide bonds. The highest BCUT2D eigenvalue weighted by atomic mass is 16.4.